The maximum absolute atomic E-state index is 13.7. The first-order valence-corrected chi connectivity index (χ1v) is 6.40. The summed E-state index contributed by atoms with van der Waals surface area (Å²) in [4.78, 5) is 4.06. The van der Waals surface area contributed by atoms with Crippen molar-refractivity contribution < 1.29 is 13.2 Å². The first-order valence-electron chi connectivity index (χ1n) is 5.61. The lowest BCUT2D eigenvalue weighted by Gasteiger charge is -2.05. The Hall–Kier alpha value is -2.15. The highest BCUT2D eigenvalue weighted by Gasteiger charge is 2.14. The standard InChI is InChI=1S/C13H8BrF2N3O/c14-6-4-7(15)11(8(16)5-6)18-13-19-12-9(17)2-1-3-10(12)20-13/h1-5H,17H2,(H,18,19). The van der Waals surface area contributed by atoms with Crippen LogP contribution in [0.4, 0.5) is 26.2 Å². The summed E-state index contributed by atoms with van der Waals surface area (Å²) in [6.07, 6.45) is 0. The molecule has 0 aliphatic rings. The zero-order chi connectivity index (χ0) is 14.3. The molecule has 20 heavy (non-hydrogen) atoms. The summed E-state index contributed by atoms with van der Waals surface area (Å²) in [5, 5.41) is 2.48. The summed E-state index contributed by atoms with van der Waals surface area (Å²) in [5.74, 6) is -1.51. The van der Waals surface area contributed by atoms with Crippen molar-refractivity contribution in [3.05, 3.63) is 46.4 Å². The van der Waals surface area contributed by atoms with Gasteiger partial charge in [0, 0.05) is 4.47 Å². The Morgan fingerprint density at radius 3 is 2.55 bits per heavy atom. The monoisotopic (exact) mass is 339 g/mol. The molecular weight excluding hydrogens is 332 g/mol. The van der Waals surface area contributed by atoms with Crippen LogP contribution in [0.1, 0.15) is 0 Å². The lowest BCUT2D eigenvalue weighted by Crippen LogP contribution is -1.98. The quantitative estimate of drug-likeness (QED) is 0.687. The van der Waals surface area contributed by atoms with Gasteiger partial charge in [0.1, 0.15) is 11.2 Å². The molecule has 3 aromatic rings. The molecule has 7 heteroatoms. The first-order chi connectivity index (χ1) is 9.54. The van der Waals surface area contributed by atoms with Crippen LogP contribution in [0.15, 0.2) is 39.2 Å². The molecule has 4 nitrogen and oxygen atoms in total. The van der Waals surface area contributed by atoms with Crippen LogP contribution in [0.25, 0.3) is 11.1 Å². The number of fused-ring (bicyclic) bond motifs is 1. The van der Waals surface area contributed by atoms with Crippen LogP contribution in [0.3, 0.4) is 0 Å². The van der Waals surface area contributed by atoms with E-state index < -0.39 is 11.6 Å². The lowest BCUT2D eigenvalue weighted by molar-refractivity contribution is 0.580. The van der Waals surface area contributed by atoms with Crippen LogP contribution in [0, 0.1) is 11.6 Å². The van der Waals surface area contributed by atoms with Crippen molar-refractivity contribution in [1.82, 2.24) is 4.98 Å². The van der Waals surface area contributed by atoms with Crippen LogP contribution in [0.2, 0.25) is 0 Å². The second-order valence-corrected chi connectivity index (χ2v) is 5.00. The summed E-state index contributed by atoms with van der Waals surface area (Å²) >= 11 is 3.01. The Labute approximate surface area is 120 Å². The van der Waals surface area contributed by atoms with Gasteiger partial charge in [0.25, 0.3) is 0 Å². The fraction of sp³-hybridized carbons (Fsp3) is 0. The smallest absolute Gasteiger partial charge is 0.300 e. The minimum atomic E-state index is -0.757. The number of para-hydroxylation sites is 1. The Bertz CT molecular complexity index is 780. The molecule has 102 valence electrons. The third-order valence-electron chi connectivity index (χ3n) is 2.69. The van der Waals surface area contributed by atoms with Crippen molar-refractivity contribution in [1.29, 1.82) is 0 Å². The number of nitrogens with one attached hydrogen (secondary N) is 1. The summed E-state index contributed by atoms with van der Waals surface area (Å²) in [7, 11) is 0. The van der Waals surface area contributed by atoms with Crippen LogP contribution in [-0.4, -0.2) is 4.98 Å². The molecule has 1 heterocycles. The van der Waals surface area contributed by atoms with Crippen LogP contribution >= 0.6 is 15.9 Å². The molecule has 3 rings (SSSR count). The number of oxazole rings is 1. The third kappa shape index (κ3) is 2.20. The van der Waals surface area contributed by atoms with Gasteiger partial charge in [0.2, 0.25) is 0 Å². The zero-order valence-corrected chi connectivity index (χ0v) is 11.5. The normalized spacial score (nSPS) is 10.9. The van der Waals surface area contributed by atoms with Crippen LogP contribution in [-0.2, 0) is 0 Å². The molecular formula is C13H8BrF2N3O. The highest BCUT2D eigenvalue weighted by atomic mass is 79.9. The van der Waals surface area contributed by atoms with E-state index in [0.29, 0.717) is 21.3 Å². The van der Waals surface area contributed by atoms with Gasteiger partial charge in [-0.05, 0) is 24.3 Å². The van der Waals surface area contributed by atoms with Gasteiger partial charge >= 0.3 is 6.01 Å². The highest BCUT2D eigenvalue weighted by Crippen LogP contribution is 2.29. The maximum Gasteiger partial charge on any atom is 0.300 e. The van der Waals surface area contributed by atoms with Crippen molar-refractivity contribution in [3.8, 4) is 0 Å². The number of aromatic nitrogens is 1. The lowest BCUT2D eigenvalue weighted by atomic mass is 10.3. The number of hydrogen-bond acceptors (Lipinski definition) is 4. The fourth-order valence-electron chi connectivity index (χ4n) is 1.79. The highest BCUT2D eigenvalue weighted by molar-refractivity contribution is 9.10. The number of nitrogens with two attached hydrogens (primary N) is 1. The Kier molecular flexibility index (Phi) is 3.06. The summed E-state index contributed by atoms with van der Waals surface area (Å²) in [6, 6.07) is 7.28. The summed E-state index contributed by atoms with van der Waals surface area (Å²) in [5.41, 5.74) is 6.70. The van der Waals surface area contributed by atoms with Crippen molar-refractivity contribution in [2.75, 3.05) is 11.1 Å². The fourth-order valence-corrected chi connectivity index (χ4v) is 2.19. The molecule has 1 aromatic heterocycles. The van der Waals surface area contributed by atoms with Gasteiger partial charge in [0.15, 0.2) is 17.2 Å². The van der Waals surface area contributed by atoms with Gasteiger partial charge in [-0.15, -0.1) is 0 Å². The average Bonchev–Trinajstić information content (AvgIpc) is 2.78. The molecule has 0 spiro atoms. The van der Waals surface area contributed by atoms with Crippen molar-refractivity contribution in [3.63, 3.8) is 0 Å². The predicted molar refractivity (Wildman–Crippen MR) is 75.8 cm³/mol. The average molecular weight is 340 g/mol. The van der Waals surface area contributed by atoms with E-state index >= 15 is 0 Å². The number of halogens is 3. The van der Waals surface area contributed by atoms with E-state index in [0.717, 1.165) is 12.1 Å². The second-order valence-electron chi connectivity index (χ2n) is 4.08. The molecule has 0 amide bonds. The largest absolute Gasteiger partial charge is 0.423 e. The molecule has 0 saturated heterocycles. The predicted octanol–water partition coefficient (Wildman–Crippen LogP) is 4.19. The molecule has 0 radical (unpaired) electrons. The molecule has 0 fully saturated rings. The maximum atomic E-state index is 13.7. The minimum absolute atomic E-state index is 0.0296. The van der Waals surface area contributed by atoms with Crippen molar-refractivity contribution in [2.45, 2.75) is 0 Å². The van der Waals surface area contributed by atoms with E-state index in [2.05, 4.69) is 26.2 Å². The Morgan fingerprint density at radius 1 is 1.20 bits per heavy atom. The van der Waals surface area contributed by atoms with Crippen molar-refractivity contribution >= 4 is 44.4 Å². The van der Waals surface area contributed by atoms with E-state index in [1.54, 1.807) is 18.2 Å². The molecule has 3 N–H and O–H groups in total. The molecule has 0 bridgehead atoms. The molecule has 0 aliphatic carbocycles. The third-order valence-corrected chi connectivity index (χ3v) is 3.15. The van der Waals surface area contributed by atoms with Gasteiger partial charge in [-0.1, -0.05) is 22.0 Å². The van der Waals surface area contributed by atoms with Gasteiger partial charge in [-0.25, -0.2) is 8.78 Å². The molecule has 2 aromatic carbocycles. The van der Waals surface area contributed by atoms with E-state index in [-0.39, 0.29) is 11.7 Å². The molecule has 0 atom stereocenters. The minimum Gasteiger partial charge on any atom is -0.423 e. The SMILES string of the molecule is Nc1cccc2oc(Nc3c(F)cc(Br)cc3F)nc12. The van der Waals surface area contributed by atoms with Gasteiger partial charge in [-0.2, -0.15) is 4.98 Å². The van der Waals surface area contributed by atoms with E-state index in [4.69, 9.17) is 10.2 Å². The summed E-state index contributed by atoms with van der Waals surface area (Å²) < 4.78 is 33.1. The Balaban J connectivity index is 2.04. The van der Waals surface area contributed by atoms with Gasteiger partial charge in [-0.3, -0.25) is 0 Å². The topological polar surface area (TPSA) is 64.1 Å². The zero-order valence-electron chi connectivity index (χ0n) is 9.95. The van der Waals surface area contributed by atoms with E-state index in [1.165, 1.54) is 0 Å². The van der Waals surface area contributed by atoms with Crippen LogP contribution < -0.4 is 11.1 Å². The number of hydrogen-bond donors (Lipinski definition) is 2. The first kappa shape index (κ1) is 12.9. The molecule has 0 aliphatic heterocycles. The number of rotatable bonds is 2. The van der Waals surface area contributed by atoms with Crippen LogP contribution in [0.5, 0.6) is 0 Å². The van der Waals surface area contributed by atoms with E-state index in [9.17, 15) is 8.78 Å². The van der Waals surface area contributed by atoms with E-state index in [1.807, 2.05) is 0 Å². The van der Waals surface area contributed by atoms with Gasteiger partial charge in [0.05, 0.1) is 5.69 Å². The molecule has 0 saturated carbocycles. The van der Waals surface area contributed by atoms with Gasteiger partial charge < -0.3 is 15.5 Å². The van der Waals surface area contributed by atoms with Crippen molar-refractivity contribution in [2.24, 2.45) is 0 Å². The second kappa shape index (κ2) is 4.75. The number of anilines is 3. The number of benzene rings is 2. The number of nitrogens with zero attached hydrogens (tertiary/aromatic N) is 1. The Morgan fingerprint density at radius 2 is 1.90 bits per heavy atom. The number of nitrogen functional groups attached to an aromatic ring is 1. The molecule has 0 unspecified atom stereocenters. The summed E-state index contributed by atoms with van der Waals surface area (Å²) in [6.45, 7) is 0.